The number of benzene rings is 1. The van der Waals surface area contributed by atoms with Crippen LogP contribution in [0.4, 0.5) is 17.2 Å². The minimum atomic E-state index is 0.443. The zero-order valence-electron chi connectivity index (χ0n) is 13.1. The number of nitrogen functional groups attached to an aromatic ring is 1. The summed E-state index contributed by atoms with van der Waals surface area (Å²) in [6.07, 6.45) is 2.39. The van der Waals surface area contributed by atoms with Crippen LogP contribution in [0.5, 0.6) is 5.88 Å². The number of rotatable bonds is 5. The van der Waals surface area contributed by atoms with Gasteiger partial charge in [-0.15, -0.1) is 0 Å². The van der Waals surface area contributed by atoms with E-state index in [9.17, 15) is 0 Å². The molecule has 0 amide bonds. The van der Waals surface area contributed by atoms with Gasteiger partial charge in [0.15, 0.2) is 5.82 Å². The summed E-state index contributed by atoms with van der Waals surface area (Å²) in [5.74, 6) is 1.10. The van der Waals surface area contributed by atoms with Crippen LogP contribution in [-0.2, 0) is 0 Å². The van der Waals surface area contributed by atoms with Crippen molar-refractivity contribution in [1.29, 1.82) is 0 Å². The van der Waals surface area contributed by atoms with Crippen molar-refractivity contribution in [2.45, 2.75) is 27.2 Å². The van der Waals surface area contributed by atoms with E-state index in [4.69, 9.17) is 10.5 Å². The van der Waals surface area contributed by atoms with E-state index in [2.05, 4.69) is 42.0 Å². The summed E-state index contributed by atoms with van der Waals surface area (Å²) < 4.78 is 5.56. The minimum Gasteiger partial charge on any atom is -0.476 e. The zero-order chi connectivity index (χ0) is 15.4. The van der Waals surface area contributed by atoms with Gasteiger partial charge in [0, 0.05) is 12.7 Å². The zero-order valence-corrected chi connectivity index (χ0v) is 13.1. The summed E-state index contributed by atoms with van der Waals surface area (Å²) in [5, 5.41) is 0. The van der Waals surface area contributed by atoms with Crippen molar-refractivity contribution in [3.8, 4) is 5.88 Å². The van der Waals surface area contributed by atoms with Gasteiger partial charge in [0.05, 0.1) is 6.61 Å². The van der Waals surface area contributed by atoms with Gasteiger partial charge in [-0.05, 0) is 31.9 Å². The molecular formula is C16H22N4O. The molecule has 0 saturated heterocycles. The van der Waals surface area contributed by atoms with Crippen LogP contribution in [0.25, 0.3) is 0 Å². The number of aryl methyl sites for hydroxylation is 2. The maximum absolute atomic E-state index is 6.15. The van der Waals surface area contributed by atoms with E-state index in [1.54, 1.807) is 0 Å². The van der Waals surface area contributed by atoms with E-state index in [-0.39, 0.29) is 0 Å². The van der Waals surface area contributed by atoms with Crippen molar-refractivity contribution in [2.75, 3.05) is 24.3 Å². The van der Waals surface area contributed by atoms with Crippen LogP contribution < -0.4 is 15.4 Å². The lowest BCUT2D eigenvalue weighted by molar-refractivity contribution is 0.306. The quantitative estimate of drug-likeness (QED) is 0.914. The molecule has 0 fully saturated rings. The van der Waals surface area contributed by atoms with Crippen molar-refractivity contribution in [2.24, 2.45) is 0 Å². The van der Waals surface area contributed by atoms with Crippen LogP contribution in [0.15, 0.2) is 24.5 Å². The molecule has 112 valence electrons. The van der Waals surface area contributed by atoms with Gasteiger partial charge < -0.3 is 15.4 Å². The Morgan fingerprint density at radius 2 is 2.00 bits per heavy atom. The Morgan fingerprint density at radius 3 is 2.67 bits per heavy atom. The number of ether oxygens (including phenoxy) is 1. The van der Waals surface area contributed by atoms with Crippen molar-refractivity contribution < 1.29 is 4.74 Å². The molecule has 0 aliphatic rings. The van der Waals surface area contributed by atoms with Crippen LogP contribution in [0.3, 0.4) is 0 Å². The lowest BCUT2D eigenvalue weighted by atomic mass is 10.1. The van der Waals surface area contributed by atoms with Crippen LogP contribution >= 0.6 is 0 Å². The van der Waals surface area contributed by atoms with Crippen molar-refractivity contribution in [1.82, 2.24) is 9.97 Å². The van der Waals surface area contributed by atoms with E-state index in [1.807, 2.05) is 18.9 Å². The molecule has 1 aromatic heterocycles. The summed E-state index contributed by atoms with van der Waals surface area (Å²) >= 11 is 0. The third kappa shape index (κ3) is 3.24. The largest absolute Gasteiger partial charge is 0.476 e. The number of hydrogen-bond donors (Lipinski definition) is 1. The Hall–Kier alpha value is -2.30. The molecule has 5 nitrogen and oxygen atoms in total. The van der Waals surface area contributed by atoms with E-state index in [1.165, 1.54) is 17.5 Å². The maximum Gasteiger partial charge on any atom is 0.242 e. The predicted octanol–water partition coefficient (Wildman–Crippen LogP) is 3.23. The van der Waals surface area contributed by atoms with Crippen LogP contribution in [0, 0.1) is 13.8 Å². The average molecular weight is 286 g/mol. The molecule has 1 heterocycles. The Morgan fingerprint density at radius 1 is 1.24 bits per heavy atom. The Kier molecular flexibility index (Phi) is 4.62. The summed E-state index contributed by atoms with van der Waals surface area (Å²) in [7, 11) is 1.94. The first-order valence-corrected chi connectivity index (χ1v) is 7.08. The highest BCUT2D eigenvalue weighted by molar-refractivity contribution is 5.75. The number of nitrogens with two attached hydrogens (primary N) is 1. The molecule has 21 heavy (non-hydrogen) atoms. The van der Waals surface area contributed by atoms with Gasteiger partial charge in [0.2, 0.25) is 5.88 Å². The molecule has 1 aromatic carbocycles. The van der Waals surface area contributed by atoms with Crippen molar-refractivity contribution in [3.05, 3.63) is 35.7 Å². The standard InChI is InChI=1S/C16H22N4O/c1-5-8-21-16-14(17)15(18-10-19-16)20(4)13-7-6-11(2)9-12(13)3/h6-7,9-10H,5,8,17H2,1-4H3. The molecule has 0 unspecified atom stereocenters. The van der Waals surface area contributed by atoms with E-state index >= 15 is 0 Å². The molecule has 2 rings (SSSR count). The van der Waals surface area contributed by atoms with Crippen molar-refractivity contribution >= 4 is 17.2 Å². The summed E-state index contributed by atoms with van der Waals surface area (Å²) in [6, 6.07) is 6.28. The van der Waals surface area contributed by atoms with E-state index < -0.39 is 0 Å². The average Bonchev–Trinajstić information content (AvgIpc) is 2.45. The van der Waals surface area contributed by atoms with Gasteiger partial charge in [-0.1, -0.05) is 24.6 Å². The monoisotopic (exact) mass is 286 g/mol. The Balaban J connectivity index is 2.36. The molecule has 0 aliphatic carbocycles. The minimum absolute atomic E-state index is 0.443. The Bertz CT molecular complexity index is 628. The number of aromatic nitrogens is 2. The summed E-state index contributed by atoms with van der Waals surface area (Å²) in [4.78, 5) is 10.4. The predicted molar refractivity (Wildman–Crippen MR) is 86.2 cm³/mol. The molecule has 2 aromatic rings. The van der Waals surface area contributed by atoms with Gasteiger partial charge in [-0.25, -0.2) is 4.98 Å². The summed E-state index contributed by atoms with van der Waals surface area (Å²) in [5.41, 5.74) is 10.1. The summed E-state index contributed by atoms with van der Waals surface area (Å²) in [6.45, 7) is 6.78. The van der Waals surface area contributed by atoms with Crippen molar-refractivity contribution in [3.63, 3.8) is 0 Å². The SMILES string of the molecule is CCCOc1ncnc(N(C)c2ccc(C)cc2C)c1N. The first kappa shape index (κ1) is 15.1. The van der Waals surface area contributed by atoms with E-state index in [0.717, 1.165) is 12.1 Å². The molecular weight excluding hydrogens is 264 g/mol. The highest BCUT2D eigenvalue weighted by atomic mass is 16.5. The van der Waals surface area contributed by atoms with Gasteiger partial charge in [-0.3, -0.25) is 0 Å². The molecule has 0 saturated carbocycles. The van der Waals surface area contributed by atoms with Gasteiger partial charge >= 0.3 is 0 Å². The number of nitrogens with zero attached hydrogens (tertiary/aromatic N) is 3. The first-order valence-electron chi connectivity index (χ1n) is 7.08. The fourth-order valence-electron chi connectivity index (χ4n) is 2.25. The molecule has 0 spiro atoms. The third-order valence-corrected chi connectivity index (χ3v) is 3.30. The van der Waals surface area contributed by atoms with Crippen LogP contribution in [0.2, 0.25) is 0 Å². The molecule has 0 bridgehead atoms. The smallest absolute Gasteiger partial charge is 0.242 e. The third-order valence-electron chi connectivity index (χ3n) is 3.30. The number of hydrogen-bond acceptors (Lipinski definition) is 5. The lowest BCUT2D eigenvalue weighted by Gasteiger charge is -2.22. The highest BCUT2D eigenvalue weighted by Crippen LogP contribution is 2.33. The molecule has 0 radical (unpaired) electrons. The molecule has 0 atom stereocenters. The Labute approximate surface area is 125 Å². The van der Waals surface area contributed by atoms with Gasteiger partial charge in [0.1, 0.15) is 12.0 Å². The van der Waals surface area contributed by atoms with Crippen LogP contribution in [0.1, 0.15) is 24.5 Å². The lowest BCUT2D eigenvalue weighted by Crippen LogP contribution is -2.16. The highest BCUT2D eigenvalue weighted by Gasteiger charge is 2.15. The second-order valence-corrected chi connectivity index (χ2v) is 5.11. The topological polar surface area (TPSA) is 64.3 Å². The fourth-order valence-corrected chi connectivity index (χ4v) is 2.25. The number of anilines is 3. The maximum atomic E-state index is 6.15. The second kappa shape index (κ2) is 6.43. The normalized spacial score (nSPS) is 10.5. The first-order chi connectivity index (χ1) is 10.0. The fraction of sp³-hybridized carbons (Fsp3) is 0.375. The second-order valence-electron chi connectivity index (χ2n) is 5.11. The van der Waals surface area contributed by atoms with E-state index in [0.29, 0.717) is 24.0 Å². The van der Waals surface area contributed by atoms with Crippen LogP contribution in [-0.4, -0.2) is 23.6 Å². The molecule has 5 heteroatoms. The van der Waals surface area contributed by atoms with Gasteiger partial charge in [0.25, 0.3) is 0 Å². The molecule has 2 N–H and O–H groups in total. The molecule has 0 aliphatic heterocycles. The van der Waals surface area contributed by atoms with Gasteiger partial charge in [-0.2, -0.15) is 4.98 Å².